The van der Waals surface area contributed by atoms with Crippen molar-refractivity contribution in [3.8, 4) is 6.07 Å². The molecule has 3 heterocycles. The van der Waals surface area contributed by atoms with Crippen molar-refractivity contribution in [3.05, 3.63) is 63.1 Å². The lowest BCUT2D eigenvalue weighted by Crippen LogP contribution is -2.24. The van der Waals surface area contributed by atoms with Gasteiger partial charge < -0.3 is 4.57 Å². The quantitative estimate of drug-likeness (QED) is 0.477. The maximum atomic E-state index is 13.1. The van der Waals surface area contributed by atoms with Gasteiger partial charge in [0.05, 0.1) is 30.7 Å². The largest absolute Gasteiger partial charge is 0.346 e. The van der Waals surface area contributed by atoms with E-state index in [1.54, 1.807) is 17.5 Å². The summed E-state index contributed by atoms with van der Waals surface area (Å²) >= 11 is 1.60. The van der Waals surface area contributed by atoms with Gasteiger partial charge in [0, 0.05) is 34.1 Å². The number of nitriles is 1. The first kappa shape index (κ1) is 17.8. The lowest BCUT2D eigenvalue weighted by atomic mass is 10.1. The second-order valence-electron chi connectivity index (χ2n) is 7.30. The van der Waals surface area contributed by atoms with Gasteiger partial charge in [-0.3, -0.25) is 14.2 Å². The second-order valence-corrected chi connectivity index (χ2v) is 8.38. The Kier molecular flexibility index (Phi) is 4.29. The molecule has 0 radical (unpaired) electrons. The third kappa shape index (κ3) is 2.88. The van der Waals surface area contributed by atoms with E-state index < -0.39 is 0 Å². The number of rotatable bonds is 5. The van der Waals surface area contributed by atoms with Crippen molar-refractivity contribution < 1.29 is 4.79 Å². The van der Waals surface area contributed by atoms with E-state index in [1.807, 2.05) is 28.8 Å². The number of hydrogen-bond donors (Lipinski definition) is 0. The average Bonchev–Trinajstić information content (AvgIpc) is 3.41. The van der Waals surface area contributed by atoms with Crippen molar-refractivity contribution in [1.29, 1.82) is 5.26 Å². The molecule has 29 heavy (non-hydrogen) atoms. The zero-order valence-corrected chi connectivity index (χ0v) is 16.5. The predicted octanol–water partition coefficient (Wildman–Crippen LogP) is 3.70. The monoisotopic (exact) mass is 402 g/mol. The van der Waals surface area contributed by atoms with Crippen LogP contribution in [0.5, 0.6) is 0 Å². The predicted molar refractivity (Wildman–Crippen MR) is 112 cm³/mol. The van der Waals surface area contributed by atoms with Gasteiger partial charge in [0.2, 0.25) is 0 Å². The summed E-state index contributed by atoms with van der Waals surface area (Å²) < 4.78 is 3.36. The molecule has 0 saturated carbocycles. The molecular formula is C22H18N4O2S. The van der Waals surface area contributed by atoms with Gasteiger partial charge in [-0.1, -0.05) is 18.2 Å². The smallest absolute Gasteiger partial charge is 0.262 e. The van der Waals surface area contributed by atoms with E-state index in [0.717, 1.165) is 40.6 Å². The Labute approximate surface area is 170 Å². The van der Waals surface area contributed by atoms with Crippen molar-refractivity contribution in [1.82, 2.24) is 14.1 Å². The van der Waals surface area contributed by atoms with Crippen LogP contribution in [0.2, 0.25) is 0 Å². The number of ketones is 1. The van der Waals surface area contributed by atoms with Crippen molar-refractivity contribution in [2.75, 3.05) is 0 Å². The summed E-state index contributed by atoms with van der Waals surface area (Å²) in [6, 6.07) is 9.80. The standard InChI is InChI=1S/C22H18N4O2S/c23-9-4-10-25-11-16(14-5-1-2-7-17(14)25)18(27)12-26-13-24-21-20(22(26)28)15-6-3-8-19(15)29-21/h1-2,5,7,11,13H,3-4,6,8,10,12H2. The molecule has 0 aliphatic heterocycles. The Balaban J connectivity index is 1.54. The Morgan fingerprint density at radius 1 is 1.24 bits per heavy atom. The minimum Gasteiger partial charge on any atom is -0.346 e. The summed E-state index contributed by atoms with van der Waals surface area (Å²) in [4.78, 5) is 32.7. The van der Waals surface area contributed by atoms with Crippen LogP contribution in [0.1, 0.15) is 33.6 Å². The van der Waals surface area contributed by atoms with Crippen LogP contribution >= 0.6 is 11.3 Å². The van der Waals surface area contributed by atoms with Gasteiger partial charge in [-0.05, 0) is 30.9 Å². The first-order valence-corrected chi connectivity index (χ1v) is 10.5. The van der Waals surface area contributed by atoms with Gasteiger partial charge in [0.25, 0.3) is 5.56 Å². The van der Waals surface area contributed by atoms with E-state index in [0.29, 0.717) is 23.9 Å². The number of aromatic nitrogens is 3. The number of para-hydroxylation sites is 1. The lowest BCUT2D eigenvalue weighted by Gasteiger charge is -2.05. The molecule has 1 aromatic carbocycles. The van der Waals surface area contributed by atoms with Gasteiger partial charge in [0.1, 0.15) is 4.83 Å². The number of carbonyl (C=O) groups is 1. The fraction of sp³-hybridized carbons (Fsp3) is 0.273. The molecule has 0 unspecified atom stereocenters. The van der Waals surface area contributed by atoms with Crippen LogP contribution in [-0.4, -0.2) is 19.9 Å². The molecule has 5 rings (SSSR count). The molecule has 0 spiro atoms. The van der Waals surface area contributed by atoms with Crippen molar-refractivity contribution in [2.45, 2.75) is 38.8 Å². The molecule has 1 aliphatic carbocycles. The minimum atomic E-state index is -0.132. The van der Waals surface area contributed by atoms with Gasteiger partial charge in [0.15, 0.2) is 5.78 Å². The highest BCUT2D eigenvalue weighted by atomic mass is 32.1. The molecule has 0 N–H and O–H groups in total. The highest BCUT2D eigenvalue weighted by Crippen LogP contribution is 2.34. The molecule has 0 saturated heterocycles. The molecule has 0 fully saturated rings. The van der Waals surface area contributed by atoms with Crippen LogP contribution in [0.15, 0.2) is 41.6 Å². The first-order valence-electron chi connectivity index (χ1n) is 9.65. The molecule has 144 valence electrons. The van der Waals surface area contributed by atoms with Crippen molar-refractivity contribution in [2.24, 2.45) is 0 Å². The number of carbonyl (C=O) groups excluding carboxylic acids is 1. The molecule has 3 aromatic heterocycles. The molecule has 6 nitrogen and oxygen atoms in total. The van der Waals surface area contributed by atoms with E-state index >= 15 is 0 Å². The van der Waals surface area contributed by atoms with Crippen LogP contribution < -0.4 is 5.56 Å². The van der Waals surface area contributed by atoms with Crippen LogP contribution in [0, 0.1) is 11.3 Å². The highest BCUT2D eigenvalue weighted by Gasteiger charge is 2.22. The van der Waals surface area contributed by atoms with E-state index in [1.165, 1.54) is 15.8 Å². The third-order valence-corrected chi connectivity index (χ3v) is 6.76. The molecular weight excluding hydrogens is 384 g/mol. The Bertz CT molecular complexity index is 1370. The lowest BCUT2D eigenvalue weighted by molar-refractivity contribution is 0.0972. The fourth-order valence-corrected chi connectivity index (χ4v) is 5.42. The van der Waals surface area contributed by atoms with E-state index in [2.05, 4.69) is 11.1 Å². The van der Waals surface area contributed by atoms with Crippen molar-refractivity contribution >= 4 is 38.2 Å². The van der Waals surface area contributed by atoms with Crippen LogP contribution in [0.25, 0.3) is 21.1 Å². The number of hydrogen-bond acceptors (Lipinski definition) is 5. The van der Waals surface area contributed by atoms with E-state index in [9.17, 15) is 9.59 Å². The normalized spacial score (nSPS) is 13.1. The van der Waals surface area contributed by atoms with E-state index in [4.69, 9.17) is 5.26 Å². The average molecular weight is 402 g/mol. The first-order chi connectivity index (χ1) is 14.2. The molecule has 1 aliphatic rings. The third-order valence-electron chi connectivity index (χ3n) is 5.56. The van der Waals surface area contributed by atoms with Crippen LogP contribution in [0.3, 0.4) is 0 Å². The number of Topliss-reactive ketones (excluding diaryl/α,β-unsaturated/α-hetero) is 1. The van der Waals surface area contributed by atoms with Crippen molar-refractivity contribution in [3.63, 3.8) is 0 Å². The summed E-state index contributed by atoms with van der Waals surface area (Å²) in [5.41, 5.74) is 2.48. The maximum absolute atomic E-state index is 13.1. The summed E-state index contributed by atoms with van der Waals surface area (Å²) in [5, 5.41) is 10.4. The Morgan fingerprint density at radius 2 is 2.10 bits per heavy atom. The zero-order chi connectivity index (χ0) is 20.0. The van der Waals surface area contributed by atoms with Crippen LogP contribution in [-0.2, 0) is 25.9 Å². The number of nitrogens with zero attached hydrogens (tertiary/aromatic N) is 4. The molecule has 4 aromatic rings. The van der Waals surface area contributed by atoms with Gasteiger partial charge >= 0.3 is 0 Å². The van der Waals surface area contributed by atoms with E-state index in [-0.39, 0.29) is 17.9 Å². The highest BCUT2D eigenvalue weighted by molar-refractivity contribution is 7.18. The summed E-state index contributed by atoms with van der Waals surface area (Å²) in [6.07, 6.45) is 6.66. The molecule has 0 atom stereocenters. The van der Waals surface area contributed by atoms with Gasteiger partial charge in [-0.15, -0.1) is 11.3 Å². The Morgan fingerprint density at radius 3 is 2.97 bits per heavy atom. The Hall–Kier alpha value is -3.24. The van der Waals surface area contributed by atoms with Crippen LogP contribution in [0.4, 0.5) is 0 Å². The fourth-order valence-electron chi connectivity index (χ4n) is 4.20. The second kappa shape index (κ2) is 6.98. The van der Waals surface area contributed by atoms with Gasteiger partial charge in [-0.2, -0.15) is 5.26 Å². The maximum Gasteiger partial charge on any atom is 0.262 e. The number of benzene rings is 1. The number of fused-ring (bicyclic) bond motifs is 4. The zero-order valence-electron chi connectivity index (χ0n) is 15.7. The van der Waals surface area contributed by atoms with Gasteiger partial charge in [-0.25, -0.2) is 4.98 Å². The number of thiophene rings is 1. The molecule has 0 bridgehead atoms. The minimum absolute atomic E-state index is 0.0430. The summed E-state index contributed by atoms with van der Waals surface area (Å²) in [7, 11) is 0. The summed E-state index contributed by atoms with van der Waals surface area (Å²) in [6.45, 7) is 0.484. The summed E-state index contributed by atoms with van der Waals surface area (Å²) in [5.74, 6) is -0.132. The molecule has 0 amide bonds. The SMILES string of the molecule is N#CCCn1cc(C(=O)Cn2cnc3sc4c(c3c2=O)CCC4)c2ccccc21. The topological polar surface area (TPSA) is 80.7 Å². The molecule has 7 heteroatoms. The number of aryl methyl sites for hydroxylation is 3.